The zero-order valence-corrected chi connectivity index (χ0v) is 10.2. The molecule has 1 N–H and O–H groups in total. The number of carbonyl (C=O) groups is 2. The third-order valence-corrected chi connectivity index (χ3v) is 2.31. The maximum Gasteiger partial charge on any atom is 0.305 e. The molecule has 4 nitrogen and oxygen atoms in total. The summed E-state index contributed by atoms with van der Waals surface area (Å²) in [5.74, 6) is -0.368. The van der Waals surface area contributed by atoms with Gasteiger partial charge in [0.15, 0.2) is 0 Å². The van der Waals surface area contributed by atoms with Crippen LogP contribution in [-0.2, 0) is 14.3 Å². The third kappa shape index (κ3) is 5.15. The van der Waals surface area contributed by atoms with Gasteiger partial charge in [-0.2, -0.15) is 0 Å². The van der Waals surface area contributed by atoms with Crippen molar-refractivity contribution in [1.82, 2.24) is 0 Å². The normalized spacial score (nSPS) is 9.76. The molecule has 1 rings (SSSR count). The van der Waals surface area contributed by atoms with Crippen LogP contribution in [0.1, 0.15) is 24.8 Å². The summed E-state index contributed by atoms with van der Waals surface area (Å²) in [4.78, 5) is 22.4. The lowest BCUT2D eigenvalue weighted by Crippen LogP contribution is -2.12. The lowest BCUT2D eigenvalue weighted by Gasteiger charge is -2.05. The van der Waals surface area contributed by atoms with Crippen molar-refractivity contribution < 1.29 is 14.3 Å². The number of aryl methyl sites for hydroxylation is 1. The number of esters is 1. The molecule has 17 heavy (non-hydrogen) atoms. The Morgan fingerprint density at radius 2 is 2.06 bits per heavy atom. The Kier molecular flexibility index (Phi) is 5.20. The van der Waals surface area contributed by atoms with Crippen molar-refractivity contribution in [3.8, 4) is 0 Å². The lowest BCUT2D eigenvalue weighted by molar-refractivity contribution is -0.140. The number of methoxy groups -OCH3 is 1. The summed E-state index contributed by atoms with van der Waals surface area (Å²) < 4.78 is 4.50. The van der Waals surface area contributed by atoms with Crippen molar-refractivity contribution in [2.24, 2.45) is 0 Å². The molecule has 0 heterocycles. The minimum atomic E-state index is -0.284. The monoisotopic (exact) mass is 235 g/mol. The molecule has 0 saturated carbocycles. The molecule has 1 aromatic rings. The van der Waals surface area contributed by atoms with E-state index in [9.17, 15) is 9.59 Å². The molecule has 0 aliphatic carbocycles. The first-order valence-electron chi connectivity index (χ1n) is 5.55. The number of hydrogen-bond acceptors (Lipinski definition) is 3. The molecule has 0 bridgehead atoms. The second kappa shape index (κ2) is 6.68. The fourth-order valence-electron chi connectivity index (χ4n) is 1.44. The van der Waals surface area contributed by atoms with Crippen LogP contribution in [0.3, 0.4) is 0 Å². The highest BCUT2D eigenvalue weighted by atomic mass is 16.5. The van der Waals surface area contributed by atoms with E-state index in [4.69, 9.17) is 0 Å². The first-order valence-corrected chi connectivity index (χ1v) is 5.55. The number of hydrogen-bond donors (Lipinski definition) is 1. The Labute approximate surface area is 101 Å². The molecule has 1 aromatic carbocycles. The lowest BCUT2D eigenvalue weighted by atomic mass is 10.2. The van der Waals surface area contributed by atoms with Gasteiger partial charge >= 0.3 is 5.97 Å². The molecular formula is C13H17NO3. The number of amides is 1. The van der Waals surface area contributed by atoms with E-state index < -0.39 is 0 Å². The first-order chi connectivity index (χ1) is 8.11. The summed E-state index contributed by atoms with van der Waals surface area (Å²) in [7, 11) is 1.34. The van der Waals surface area contributed by atoms with E-state index >= 15 is 0 Å². The van der Waals surface area contributed by atoms with Crippen molar-refractivity contribution >= 4 is 17.6 Å². The second-order valence-electron chi connectivity index (χ2n) is 3.85. The van der Waals surface area contributed by atoms with E-state index in [2.05, 4.69) is 10.1 Å². The van der Waals surface area contributed by atoms with Gasteiger partial charge in [-0.25, -0.2) is 0 Å². The summed E-state index contributed by atoms with van der Waals surface area (Å²) in [6.45, 7) is 1.97. The summed E-state index contributed by atoms with van der Waals surface area (Å²) in [5.41, 5.74) is 1.88. The minimum Gasteiger partial charge on any atom is -0.469 e. The average Bonchev–Trinajstić information content (AvgIpc) is 2.28. The molecule has 1 amide bonds. The van der Waals surface area contributed by atoms with Crippen LogP contribution in [-0.4, -0.2) is 19.0 Å². The van der Waals surface area contributed by atoms with Crippen molar-refractivity contribution in [1.29, 1.82) is 0 Å². The molecule has 4 heteroatoms. The van der Waals surface area contributed by atoms with Crippen LogP contribution < -0.4 is 5.32 Å². The highest BCUT2D eigenvalue weighted by Gasteiger charge is 2.05. The second-order valence-corrected chi connectivity index (χ2v) is 3.85. The van der Waals surface area contributed by atoms with Crippen molar-refractivity contribution in [2.45, 2.75) is 26.2 Å². The van der Waals surface area contributed by atoms with Gasteiger partial charge in [-0.1, -0.05) is 12.1 Å². The third-order valence-electron chi connectivity index (χ3n) is 2.31. The smallest absolute Gasteiger partial charge is 0.305 e. The van der Waals surface area contributed by atoms with Crippen LogP contribution in [0.25, 0.3) is 0 Å². The standard InChI is InChI=1S/C13H17NO3/c1-10-5-3-6-11(9-10)14-12(15)7-4-8-13(16)17-2/h3,5-6,9H,4,7-8H2,1-2H3,(H,14,15). The topological polar surface area (TPSA) is 55.4 Å². The molecule has 0 spiro atoms. The Bertz CT molecular complexity index is 401. The molecule has 0 unspecified atom stereocenters. The Morgan fingerprint density at radius 1 is 1.29 bits per heavy atom. The Morgan fingerprint density at radius 3 is 2.71 bits per heavy atom. The molecule has 0 radical (unpaired) electrons. The molecule has 0 saturated heterocycles. The highest BCUT2D eigenvalue weighted by molar-refractivity contribution is 5.90. The van der Waals surface area contributed by atoms with Gasteiger partial charge in [0.2, 0.25) is 5.91 Å². The predicted molar refractivity (Wildman–Crippen MR) is 65.7 cm³/mol. The molecule has 0 fully saturated rings. The van der Waals surface area contributed by atoms with Crippen LogP contribution >= 0.6 is 0 Å². The van der Waals surface area contributed by atoms with Crippen molar-refractivity contribution in [3.05, 3.63) is 29.8 Å². The quantitative estimate of drug-likeness (QED) is 0.796. The van der Waals surface area contributed by atoms with Crippen LogP contribution in [0, 0.1) is 6.92 Å². The summed E-state index contributed by atoms with van der Waals surface area (Å²) in [5, 5.41) is 2.78. The number of carbonyl (C=O) groups excluding carboxylic acids is 2. The number of benzene rings is 1. The van der Waals surface area contributed by atoms with E-state index in [-0.39, 0.29) is 18.3 Å². The van der Waals surface area contributed by atoms with Crippen molar-refractivity contribution in [3.63, 3.8) is 0 Å². The van der Waals surface area contributed by atoms with E-state index in [0.29, 0.717) is 12.8 Å². The maximum absolute atomic E-state index is 11.5. The van der Waals surface area contributed by atoms with Crippen LogP contribution in [0.2, 0.25) is 0 Å². The fourth-order valence-corrected chi connectivity index (χ4v) is 1.44. The fraction of sp³-hybridized carbons (Fsp3) is 0.385. The average molecular weight is 235 g/mol. The van der Waals surface area contributed by atoms with Gasteiger partial charge in [-0.05, 0) is 31.0 Å². The van der Waals surface area contributed by atoms with E-state index in [0.717, 1.165) is 11.3 Å². The molecule has 0 atom stereocenters. The summed E-state index contributed by atoms with van der Waals surface area (Å²) in [6, 6.07) is 7.59. The Hall–Kier alpha value is -1.84. The van der Waals surface area contributed by atoms with E-state index in [1.807, 2.05) is 31.2 Å². The van der Waals surface area contributed by atoms with Crippen LogP contribution in [0.5, 0.6) is 0 Å². The molecule has 92 valence electrons. The summed E-state index contributed by atoms with van der Waals surface area (Å²) in [6.07, 6.45) is 1.10. The first kappa shape index (κ1) is 13.2. The highest BCUT2D eigenvalue weighted by Crippen LogP contribution is 2.10. The minimum absolute atomic E-state index is 0.0838. The van der Waals surface area contributed by atoms with E-state index in [1.165, 1.54) is 7.11 Å². The van der Waals surface area contributed by atoms with Gasteiger partial charge in [-0.15, -0.1) is 0 Å². The van der Waals surface area contributed by atoms with Gasteiger partial charge in [-0.3, -0.25) is 9.59 Å². The number of anilines is 1. The molecular weight excluding hydrogens is 218 g/mol. The zero-order valence-electron chi connectivity index (χ0n) is 10.2. The predicted octanol–water partition coefficient (Wildman–Crippen LogP) is 2.28. The SMILES string of the molecule is COC(=O)CCCC(=O)Nc1cccc(C)c1. The zero-order chi connectivity index (χ0) is 12.7. The number of rotatable bonds is 5. The van der Waals surface area contributed by atoms with Gasteiger partial charge < -0.3 is 10.1 Å². The number of ether oxygens (including phenoxy) is 1. The molecule has 0 aliphatic heterocycles. The molecule has 0 aliphatic rings. The number of nitrogens with one attached hydrogen (secondary N) is 1. The van der Waals surface area contributed by atoms with Gasteiger partial charge in [0.25, 0.3) is 0 Å². The van der Waals surface area contributed by atoms with Gasteiger partial charge in [0.05, 0.1) is 7.11 Å². The van der Waals surface area contributed by atoms with Gasteiger partial charge in [0, 0.05) is 18.5 Å². The summed E-state index contributed by atoms with van der Waals surface area (Å²) >= 11 is 0. The molecule has 0 aromatic heterocycles. The van der Waals surface area contributed by atoms with E-state index in [1.54, 1.807) is 0 Å². The Balaban J connectivity index is 2.32. The maximum atomic E-state index is 11.5. The van der Waals surface area contributed by atoms with Crippen LogP contribution in [0.15, 0.2) is 24.3 Å². The van der Waals surface area contributed by atoms with Crippen molar-refractivity contribution in [2.75, 3.05) is 12.4 Å². The largest absolute Gasteiger partial charge is 0.469 e. The van der Waals surface area contributed by atoms with Gasteiger partial charge in [0.1, 0.15) is 0 Å². The van der Waals surface area contributed by atoms with Crippen LogP contribution in [0.4, 0.5) is 5.69 Å².